The largest absolute Gasteiger partial charge is 0.493 e. The lowest BCUT2D eigenvalue weighted by Crippen LogP contribution is -2.49. The summed E-state index contributed by atoms with van der Waals surface area (Å²) in [6.45, 7) is 5.06. The minimum atomic E-state index is -0.00341. The Morgan fingerprint density at radius 2 is 1.79 bits per heavy atom. The average Bonchev–Trinajstić information content (AvgIpc) is 3.29. The molecule has 0 aliphatic carbocycles. The van der Waals surface area contributed by atoms with Gasteiger partial charge in [-0.05, 0) is 31.2 Å². The van der Waals surface area contributed by atoms with Crippen LogP contribution in [0.5, 0.6) is 5.75 Å². The summed E-state index contributed by atoms with van der Waals surface area (Å²) in [4.78, 5) is 20.8. The highest BCUT2D eigenvalue weighted by atomic mass is 16.5. The zero-order chi connectivity index (χ0) is 19.3. The lowest BCUT2D eigenvalue weighted by molar-refractivity contribution is 0.0742. The SMILES string of the molecule is CCOc1ccccc1C(=O)N1CCN(c2ccc(-n3cncn3)nn2)CC1. The van der Waals surface area contributed by atoms with E-state index in [0.29, 0.717) is 49.9 Å². The van der Waals surface area contributed by atoms with Crippen molar-refractivity contribution in [1.29, 1.82) is 0 Å². The second-order valence-electron chi connectivity index (χ2n) is 6.30. The number of carbonyl (C=O) groups excluding carboxylic acids is 1. The van der Waals surface area contributed by atoms with Gasteiger partial charge in [-0.2, -0.15) is 5.10 Å². The Labute approximate surface area is 162 Å². The van der Waals surface area contributed by atoms with Crippen LogP contribution in [0, 0.1) is 0 Å². The molecule has 1 fully saturated rings. The Morgan fingerprint density at radius 1 is 1.04 bits per heavy atom. The van der Waals surface area contributed by atoms with Gasteiger partial charge in [0.15, 0.2) is 11.6 Å². The number of hydrogen-bond donors (Lipinski definition) is 0. The summed E-state index contributed by atoms with van der Waals surface area (Å²) >= 11 is 0. The minimum absolute atomic E-state index is 0.00341. The predicted octanol–water partition coefficient (Wildman–Crippen LogP) is 1.42. The molecule has 1 aliphatic rings. The molecule has 0 unspecified atom stereocenters. The molecule has 28 heavy (non-hydrogen) atoms. The number of para-hydroxylation sites is 1. The van der Waals surface area contributed by atoms with Gasteiger partial charge in [0.1, 0.15) is 18.4 Å². The van der Waals surface area contributed by atoms with Gasteiger partial charge in [0.25, 0.3) is 5.91 Å². The topological polar surface area (TPSA) is 89.3 Å². The molecule has 0 radical (unpaired) electrons. The second kappa shape index (κ2) is 8.03. The number of anilines is 1. The van der Waals surface area contributed by atoms with E-state index in [4.69, 9.17) is 4.74 Å². The van der Waals surface area contributed by atoms with E-state index in [-0.39, 0.29) is 5.91 Å². The van der Waals surface area contributed by atoms with Crippen LogP contribution >= 0.6 is 0 Å². The molecule has 3 heterocycles. The lowest BCUT2D eigenvalue weighted by atomic mass is 10.1. The fourth-order valence-corrected chi connectivity index (χ4v) is 3.17. The van der Waals surface area contributed by atoms with Crippen LogP contribution in [0.4, 0.5) is 5.82 Å². The first-order valence-corrected chi connectivity index (χ1v) is 9.21. The van der Waals surface area contributed by atoms with Crippen molar-refractivity contribution in [2.75, 3.05) is 37.7 Å². The molecule has 3 aromatic rings. The Morgan fingerprint density at radius 3 is 2.46 bits per heavy atom. The van der Waals surface area contributed by atoms with Crippen LogP contribution in [0.15, 0.2) is 49.1 Å². The Bertz CT molecular complexity index is 920. The Balaban J connectivity index is 1.40. The van der Waals surface area contributed by atoms with E-state index in [2.05, 4.69) is 25.2 Å². The molecule has 0 atom stereocenters. The van der Waals surface area contributed by atoms with Gasteiger partial charge >= 0.3 is 0 Å². The normalized spacial score (nSPS) is 14.2. The van der Waals surface area contributed by atoms with Gasteiger partial charge in [0, 0.05) is 26.2 Å². The number of carbonyl (C=O) groups is 1. The van der Waals surface area contributed by atoms with Crippen molar-refractivity contribution >= 4 is 11.7 Å². The first-order valence-electron chi connectivity index (χ1n) is 9.21. The van der Waals surface area contributed by atoms with Crippen LogP contribution in [-0.4, -0.2) is 68.6 Å². The van der Waals surface area contributed by atoms with Gasteiger partial charge in [-0.25, -0.2) is 9.67 Å². The minimum Gasteiger partial charge on any atom is -0.493 e. The van der Waals surface area contributed by atoms with E-state index < -0.39 is 0 Å². The average molecular weight is 379 g/mol. The fraction of sp³-hybridized carbons (Fsp3) is 0.316. The molecule has 0 saturated carbocycles. The van der Waals surface area contributed by atoms with E-state index in [1.807, 2.05) is 48.2 Å². The molecule has 1 aliphatic heterocycles. The van der Waals surface area contributed by atoms with E-state index in [9.17, 15) is 4.79 Å². The van der Waals surface area contributed by atoms with Gasteiger partial charge in [0.2, 0.25) is 0 Å². The van der Waals surface area contributed by atoms with Gasteiger partial charge in [-0.1, -0.05) is 12.1 Å². The van der Waals surface area contributed by atoms with Crippen LogP contribution in [0.25, 0.3) is 5.82 Å². The van der Waals surface area contributed by atoms with Gasteiger partial charge in [-0.3, -0.25) is 4.79 Å². The first-order chi connectivity index (χ1) is 13.8. The maximum absolute atomic E-state index is 12.9. The molecule has 4 rings (SSSR count). The van der Waals surface area contributed by atoms with E-state index in [1.165, 1.54) is 6.33 Å². The number of aromatic nitrogens is 5. The fourth-order valence-electron chi connectivity index (χ4n) is 3.17. The highest BCUT2D eigenvalue weighted by molar-refractivity contribution is 5.97. The quantitative estimate of drug-likeness (QED) is 0.662. The number of amides is 1. The van der Waals surface area contributed by atoms with Crippen molar-refractivity contribution in [2.24, 2.45) is 0 Å². The lowest BCUT2D eigenvalue weighted by Gasteiger charge is -2.35. The van der Waals surface area contributed by atoms with Crippen LogP contribution in [0.3, 0.4) is 0 Å². The van der Waals surface area contributed by atoms with Crippen LogP contribution in [0.2, 0.25) is 0 Å². The smallest absolute Gasteiger partial charge is 0.257 e. The number of benzene rings is 1. The zero-order valence-electron chi connectivity index (χ0n) is 15.6. The third kappa shape index (κ3) is 3.64. The number of nitrogens with zero attached hydrogens (tertiary/aromatic N) is 7. The van der Waals surface area contributed by atoms with E-state index >= 15 is 0 Å². The predicted molar refractivity (Wildman–Crippen MR) is 103 cm³/mol. The first kappa shape index (κ1) is 17.9. The standard InChI is InChI=1S/C19H21N7O2/c1-2-28-16-6-4-3-5-15(16)19(27)25-11-9-24(10-12-25)17-7-8-18(23-22-17)26-14-20-13-21-26/h3-8,13-14H,2,9-12H2,1H3. The molecule has 1 saturated heterocycles. The number of piperazine rings is 1. The maximum Gasteiger partial charge on any atom is 0.257 e. The summed E-state index contributed by atoms with van der Waals surface area (Å²) < 4.78 is 7.15. The van der Waals surface area contributed by atoms with Crippen molar-refractivity contribution in [3.63, 3.8) is 0 Å². The summed E-state index contributed by atoms with van der Waals surface area (Å²) in [5.41, 5.74) is 0.606. The molecule has 0 spiro atoms. The summed E-state index contributed by atoms with van der Waals surface area (Å²) in [6, 6.07) is 11.1. The summed E-state index contributed by atoms with van der Waals surface area (Å²) in [6.07, 6.45) is 3.03. The molecule has 1 amide bonds. The molecule has 9 nitrogen and oxygen atoms in total. The third-order valence-electron chi connectivity index (χ3n) is 4.60. The van der Waals surface area contributed by atoms with Gasteiger partial charge in [-0.15, -0.1) is 10.2 Å². The molecule has 2 aromatic heterocycles. The zero-order valence-corrected chi connectivity index (χ0v) is 15.6. The second-order valence-corrected chi connectivity index (χ2v) is 6.30. The van der Waals surface area contributed by atoms with Crippen LogP contribution in [-0.2, 0) is 0 Å². The summed E-state index contributed by atoms with van der Waals surface area (Å²) in [7, 11) is 0. The molecular weight excluding hydrogens is 358 g/mol. The van der Waals surface area contributed by atoms with Crippen molar-refractivity contribution in [2.45, 2.75) is 6.92 Å². The molecule has 0 N–H and O–H groups in total. The maximum atomic E-state index is 12.9. The molecule has 1 aromatic carbocycles. The molecule has 9 heteroatoms. The van der Waals surface area contributed by atoms with E-state index in [0.717, 1.165) is 5.82 Å². The highest BCUT2D eigenvalue weighted by Gasteiger charge is 2.25. The number of rotatable bonds is 5. The van der Waals surface area contributed by atoms with Crippen LogP contribution in [0.1, 0.15) is 17.3 Å². The number of hydrogen-bond acceptors (Lipinski definition) is 7. The Hall–Kier alpha value is -3.49. The van der Waals surface area contributed by atoms with Gasteiger partial charge in [0.05, 0.1) is 12.2 Å². The number of ether oxygens (including phenoxy) is 1. The highest BCUT2D eigenvalue weighted by Crippen LogP contribution is 2.21. The summed E-state index contributed by atoms with van der Waals surface area (Å²) in [5.74, 6) is 2.02. The molecule has 144 valence electrons. The van der Waals surface area contributed by atoms with Crippen LogP contribution < -0.4 is 9.64 Å². The van der Waals surface area contributed by atoms with Crippen molar-refractivity contribution in [3.8, 4) is 11.6 Å². The summed E-state index contributed by atoms with van der Waals surface area (Å²) in [5, 5.41) is 12.5. The molecular formula is C19H21N7O2. The van der Waals surface area contributed by atoms with E-state index in [1.54, 1.807) is 11.0 Å². The van der Waals surface area contributed by atoms with Gasteiger partial charge < -0.3 is 14.5 Å². The van der Waals surface area contributed by atoms with Crippen molar-refractivity contribution < 1.29 is 9.53 Å². The Kier molecular flexibility index (Phi) is 5.14. The monoisotopic (exact) mass is 379 g/mol. The third-order valence-corrected chi connectivity index (χ3v) is 4.60. The molecule has 0 bridgehead atoms. The van der Waals surface area contributed by atoms with Crippen molar-refractivity contribution in [1.82, 2.24) is 29.9 Å². The van der Waals surface area contributed by atoms with Crippen molar-refractivity contribution in [3.05, 3.63) is 54.6 Å².